The van der Waals surface area contributed by atoms with E-state index in [1.54, 1.807) is 13.0 Å². The second-order valence-electron chi connectivity index (χ2n) is 5.90. The molecule has 2 aromatic rings. The van der Waals surface area contributed by atoms with Gasteiger partial charge in [0.25, 0.3) is 0 Å². The number of nitrogens with one attached hydrogen (secondary N) is 1. The van der Waals surface area contributed by atoms with E-state index in [4.69, 9.17) is 4.74 Å². The minimum Gasteiger partial charge on any atom is -0.466 e. The van der Waals surface area contributed by atoms with Crippen LogP contribution in [0.25, 0.3) is 11.1 Å². The molecule has 4 nitrogen and oxygen atoms in total. The lowest BCUT2D eigenvalue weighted by atomic mass is 10.0. The van der Waals surface area contributed by atoms with Crippen LogP contribution in [0.4, 0.5) is 5.69 Å². The number of para-hydroxylation sites is 1. The fourth-order valence-electron chi connectivity index (χ4n) is 2.66. The number of benzene rings is 2. The Labute approximate surface area is 154 Å². The van der Waals surface area contributed by atoms with Crippen LogP contribution in [0.5, 0.6) is 0 Å². The van der Waals surface area contributed by atoms with Crippen molar-refractivity contribution in [3.63, 3.8) is 0 Å². The molecule has 0 aliphatic carbocycles. The number of allylic oxidation sites excluding steroid dienone is 1. The van der Waals surface area contributed by atoms with E-state index in [2.05, 4.69) is 5.32 Å². The molecule has 0 spiro atoms. The first-order valence-corrected chi connectivity index (χ1v) is 8.94. The molecule has 0 aromatic heterocycles. The van der Waals surface area contributed by atoms with Crippen LogP contribution in [-0.2, 0) is 14.3 Å². The molecule has 0 aliphatic rings. The summed E-state index contributed by atoms with van der Waals surface area (Å²) >= 11 is 0. The fourth-order valence-corrected chi connectivity index (χ4v) is 2.66. The second-order valence-corrected chi connectivity index (χ2v) is 5.90. The lowest BCUT2D eigenvalue weighted by Gasteiger charge is -2.11. The highest BCUT2D eigenvalue weighted by molar-refractivity contribution is 6.02. The Kier molecular flexibility index (Phi) is 7.62. The molecule has 2 aromatic carbocycles. The van der Waals surface area contributed by atoms with Crippen LogP contribution in [0.1, 0.15) is 26.7 Å². The molecule has 0 radical (unpaired) electrons. The summed E-state index contributed by atoms with van der Waals surface area (Å²) < 4.78 is 5.04. The van der Waals surface area contributed by atoms with Gasteiger partial charge < -0.3 is 10.1 Å². The van der Waals surface area contributed by atoms with Crippen molar-refractivity contribution in [2.24, 2.45) is 5.92 Å². The van der Waals surface area contributed by atoms with E-state index >= 15 is 0 Å². The van der Waals surface area contributed by atoms with Crippen LogP contribution >= 0.6 is 0 Å². The fraction of sp³-hybridized carbons (Fsp3) is 0.273. The Morgan fingerprint density at radius 3 is 2.42 bits per heavy atom. The minimum atomic E-state index is -0.216. The SMILES string of the molecule is CCOC(=O)C(CC)C/C=C/C(=O)Nc1ccccc1-c1ccccc1. The van der Waals surface area contributed by atoms with Crippen LogP contribution < -0.4 is 5.32 Å². The van der Waals surface area contributed by atoms with E-state index in [-0.39, 0.29) is 17.8 Å². The highest BCUT2D eigenvalue weighted by Gasteiger charge is 2.15. The molecule has 0 saturated heterocycles. The molecule has 4 heteroatoms. The lowest BCUT2D eigenvalue weighted by Crippen LogP contribution is -2.16. The zero-order valence-corrected chi connectivity index (χ0v) is 15.3. The standard InChI is InChI=1S/C22H25NO3/c1-3-17(22(25)26-4-2)13-10-16-21(24)23-20-15-9-8-14-19(20)18-11-6-5-7-12-18/h5-12,14-17H,3-4,13H2,1-2H3,(H,23,24)/b16-10+. The molecular weight excluding hydrogens is 326 g/mol. The summed E-state index contributed by atoms with van der Waals surface area (Å²) in [6.07, 6.45) is 4.37. The third-order valence-electron chi connectivity index (χ3n) is 4.07. The molecule has 1 atom stereocenters. The monoisotopic (exact) mass is 351 g/mol. The van der Waals surface area contributed by atoms with Gasteiger partial charge in [0, 0.05) is 11.3 Å². The van der Waals surface area contributed by atoms with Crippen molar-refractivity contribution in [2.75, 3.05) is 11.9 Å². The summed E-state index contributed by atoms with van der Waals surface area (Å²) in [5.41, 5.74) is 2.76. The number of amides is 1. The summed E-state index contributed by atoms with van der Waals surface area (Å²) in [5.74, 6) is -0.642. The largest absolute Gasteiger partial charge is 0.466 e. The van der Waals surface area contributed by atoms with E-state index in [1.807, 2.05) is 61.5 Å². The molecule has 26 heavy (non-hydrogen) atoms. The highest BCUT2D eigenvalue weighted by Crippen LogP contribution is 2.27. The van der Waals surface area contributed by atoms with Gasteiger partial charge in [-0.1, -0.05) is 61.5 Å². The van der Waals surface area contributed by atoms with Crippen molar-refractivity contribution in [1.82, 2.24) is 0 Å². The first kappa shape index (κ1) is 19.4. The van der Waals surface area contributed by atoms with Crippen molar-refractivity contribution >= 4 is 17.6 Å². The summed E-state index contributed by atoms with van der Waals surface area (Å²) in [7, 11) is 0. The number of esters is 1. The summed E-state index contributed by atoms with van der Waals surface area (Å²) in [6, 6.07) is 17.6. The number of hydrogen-bond donors (Lipinski definition) is 1. The van der Waals surface area contributed by atoms with Gasteiger partial charge in [0.2, 0.25) is 5.91 Å². The van der Waals surface area contributed by atoms with Crippen molar-refractivity contribution < 1.29 is 14.3 Å². The van der Waals surface area contributed by atoms with Crippen molar-refractivity contribution in [2.45, 2.75) is 26.7 Å². The van der Waals surface area contributed by atoms with Gasteiger partial charge in [0.15, 0.2) is 0 Å². The van der Waals surface area contributed by atoms with Crippen LogP contribution in [0.3, 0.4) is 0 Å². The molecule has 0 saturated carbocycles. The van der Waals surface area contributed by atoms with Crippen molar-refractivity contribution in [3.8, 4) is 11.1 Å². The normalized spacial score (nSPS) is 11.9. The average molecular weight is 351 g/mol. The smallest absolute Gasteiger partial charge is 0.309 e. The number of rotatable bonds is 8. The van der Waals surface area contributed by atoms with E-state index < -0.39 is 0 Å². The molecule has 0 fully saturated rings. The van der Waals surface area contributed by atoms with Gasteiger partial charge in [-0.2, -0.15) is 0 Å². The predicted octanol–water partition coefficient (Wildman–Crippen LogP) is 4.83. The first-order chi connectivity index (χ1) is 12.7. The molecule has 0 heterocycles. The Hall–Kier alpha value is -2.88. The minimum absolute atomic E-state index is 0.212. The third-order valence-corrected chi connectivity index (χ3v) is 4.07. The predicted molar refractivity (Wildman–Crippen MR) is 105 cm³/mol. The van der Waals surface area contributed by atoms with Crippen LogP contribution in [0, 0.1) is 5.92 Å². The topological polar surface area (TPSA) is 55.4 Å². The van der Waals surface area contributed by atoms with E-state index in [0.717, 1.165) is 16.8 Å². The first-order valence-electron chi connectivity index (χ1n) is 8.94. The lowest BCUT2D eigenvalue weighted by molar-refractivity contribution is -0.148. The van der Waals surface area contributed by atoms with Gasteiger partial charge in [-0.05, 0) is 37.5 Å². The van der Waals surface area contributed by atoms with E-state index in [1.165, 1.54) is 6.08 Å². The molecular formula is C22H25NO3. The maximum Gasteiger partial charge on any atom is 0.309 e. The second kappa shape index (κ2) is 10.2. The Morgan fingerprint density at radius 2 is 1.73 bits per heavy atom. The summed E-state index contributed by atoms with van der Waals surface area (Å²) in [4.78, 5) is 24.0. The molecule has 0 aliphatic heterocycles. The zero-order valence-electron chi connectivity index (χ0n) is 15.3. The molecule has 136 valence electrons. The molecule has 1 N–H and O–H groups in total. The quantitative estimate of drug-likeness (QED) is 0.547. The van der Waals surface area contributed by atoms with Gasteiger partial charge >= 0.3 is 5.97 Å². The summed E-state index contributed by atoms with van der Waals surface area (Å²) in [5, 5.41) is 2.91. The van der Waals surface area contributed by atoms with Gasteiger partial charge in [0.05, 0.1) is 12.5 Å². The number of ether oxygens (including phenoxy) is 1. The molecule has 2 rings (SSSR count). The average Bonchev–Trinajstić information content (AvgIpc) is 2.66. The molecule has 1 unspecified atom stereocenters. The molecule has 0 bridgehead atoms. The van der Waals surface area contributed by atoms with Gasteiger partial charge in [0.1, 0.15) is 0 Å². The van der Waals surface area contributed by atoms with Crippen LogP contribution in [0.15, 0.2) is 66.7 Å². The van der Waals surface area contributed by atoms with Gasteiger partial charge in [-0.3, -0.25) is 9.59 Å². The van der Waals surface area contributed by atoms with Crippen molar-refractivity contribution in [3.05, 3.63) is 66.7 Å². The van der Waals surface area contributed by atoms with Crippen molar-refractivity contribution in [1.29, 1.82) is 0 Å². The number of carbonyl (C=O) groups is 2. The third kappa shape index (κ3) is 5.59. The van der Waals surface area contributed by atoms with Crippen LogP contribution in [-0.4, -0.2) is 18.5 Å². The Morgan fingerprint density at radius 1 is 1.04 bits per heavy atom. The number of anilines is 1. The summed E-state index contributed by atoms with van der Waals surface area (Å²) in [6.45, 7) is 4.10. The van der Waals surface area contributed by atoms with Crippen LogP contribution in [0.2, 0.25) is 0 Å². The Bertz CT molecular complexity index is 753. The highest BCUT2D eigenvalue weighted by atomic mass is 16.5. The van der Waals surface area contributed by atoms with Gasteiger partial charge in [-0.15, -0.1) is 0 Å². The number of carbonyl (C=O) groups excluding carboxylic acids is 2. The maximum atomic E-state index is 12.2. The molecule has 1 amide bonds. The number of hydrogen-bond acceptors (Lipinski definition) is 3. The Balaban J connectivity index is 2.01. The van der Waals surface area contributed by atoms with Gasteiger partial charge in [-0.25, -0.2) is 0 Å². The zero-order chi connectivity index (χ0) is 18.8. The van der Waals surface area contributed by atoms with E-state index in [9.17, 15) is 9.59 Å². The maximum absolute atomic E-state index is 12.2. The van der Waals surface area contributed by atoms with E-state index in [0.29, 0.717) is 19.4 Å².